The Kier molecular flexibility index (Phi) is 15.1. The third-order valence-corrected chi connectivity index (χ3v) is 5.79. The van der Waals surface area contributed by atoms with E-state index in [0.29, 0.717) is 18.5 Å². The third-order valence-electron chi connectivity index (χ3n) is 5.79. The van der Waals surface area contributed by atoms with Gasteiger partial charge in [0.1, 0.15) is 18.7 Å². The Morgan fingerprint density at radius 2 is 1.61 bits per heavy atom. The topological polar surface area (TPSA) is 169 Å². The zero-order chi connectivity index (χ0) is 28.5. The van der Waals surface area contributed by atoms with Crippen LogP contribution in [0.5, 0.6) is 0 Å². The molecule has 0 saturated carbocycles. The molecule has 1 aromatic rings. The van der Waals surface area contributed by atoms with Crippen molar-refractivity contribution in [2.24, 2.45) is 11.7 Å². The van der Waals surface area contributed by atoms with Gasteiger partial charge in [-0.25, -0.2) is 4.79 Å². The number of amides is 5. The summed E-state index contributed by atoms with van der Waals surface area (Å²) in [5, 5.41) is 10.8. The first kappa shape index (κ1) is 32.4. The van der Waals surface area contributed by atoms with Crippen LogP contribution in [0.3, 0.4) is 0 Å². The first-order chi connectivity index (χ1) is 18.0. The average molecular weight is 534 g/mol. The SMILES string of the molecule is CCCCCCC(=O)N[C@H](C(=O)N[C@@H](CCCNC(N)=O)C(=O)Nc1ccc(COC(C)=O)cc1)C(C)C. The van der Waals surface area contributed by atoms with Crippen LogP contribution in [0.25, 0.3) is 0 Å². The number of hydrogen-bond donors (Lipinski definition) is 5. The van der Waals surface area contributed by atoms with E-state index in [4.69, 9.17) is 10.5 Å². The molecular weight excluding hydrogens is 490 g/mol. The van der Waals surface area contributed by atoms with Crippen molar-refractivity contribution in [3.63, 3.8) is 0 Å². The van der Waals surface area contributed by atoms with E-state index in [9.17, 15) is 24.0 Å². The molecule has 2 atom stereocenters. The zero-order valence-corrected chi connectivity index (χ0v) is 22.9. The highest BCUT2D eigenvalue weighted by Gasteiger charge is 2.28. The highest BCUT2D eigenvalue weighted by molar-refractivity contribution is 5.98. The fourth-order valence-electron chi connectivity index (χ4n) is 3.64. The number of urea groups is 1. The van der Waals surface area contributed by atoms with Gasteiger partial charge in [0.05, 0.1) is 0 Å². The Morgan fingerprint density at radius 3 is 2.18 bits per heavy atom. The number of esters is 1. The van der Waals surface area contributed by atoms with E-state index in [1.807, 2.05) is 13.8 Å². The Hall–Kier alpha value is -3.63. The van der Waals surface area contributed by atoms with Crippen LogP contribution in [0.2, 0.25) is 0 Å². The van der Waals surface area contributed by atoms with Crippen LogP contribution in [0.4, 0.5) is 10.5 Å². The molecule has 0 heterocycles. The molecule has 0 aromatic heterocycles. The van der Waals surface area contributed by atoms with Crippen LogP contribution >= 0.6 is 0 Å². The van der Waals surface area contributed by atoms with Crippen LogP contribution in [0, 0.1) is 5.92 Å². The highest BCUT2D eigenvalue weighted by Crippen LogP contribution is 2.13. The van der Waals surface area contributed by atoms with Gasteiger partial charge in [-0.2, -0.15) is 0 Å². The summed E-state index contributed by atoms with van der Waals surface area (Å²) in [6.07, 6.45) is 4.79. The molecule has 0 aliphatic carbocycles. The Morgan fingerprint density at radius 1 is 0.921 bits per heavy atom. The van der Waals surface area contributed by atoms with Gasteiger partial charge < -0.3 is 31.7 Å². The van der Waals surface area contributed by atoms with Gasteiger partial charge in [-0.15, -0.1) is 0 Å². The second-order valence-electron chi connectivity index (χ2n) is 9.56. The summed E-state index contributed by atoms with van der Waals surface area (Å²) < 4.78 is 4.96. The number of rotatable bonds is 17. The van der Waals surface area contributed by atoms with Crippen LogP contribution < -0.4 is 27.0 Å². The van der Waals surface area contributed by atoms with Gasteiger partial charge in [-0.3, -0.25) is 19.2 Å². The van der Waals surface area contributed by atoms with Gasteiger partial charge in [-0.1, -0.05) is 52.2 Å². The lowest BCUT2D eigenvalue weighted by molar-refractivity contribution is -0.142. The molecule has 38 heavy (non-hydrogen) atoms. The van der Waals surface area contributed by atoms with Crippen molar-refractivity contribution in [1.29, 1.82) is 0 Å². The van der Waals surface area contributed by atoms with E-state index in [1.54, 1.807) is 24.3 Å². The van der Waals surface area contributed by atoms with E-state index in [0.717, 1.165) is 31.2 Å². The number of anilines is 1. The molecule has 1 rings (SSSR count). The fraction of sp³-hybridized carbons (Fsp3) is 0.593. The number of nitrogens with one attached hydrogen (secondary N) is 4. The van der Waals surface area contributed by atoms with E-state index in [1.165, 1.54) is 6.92 Å². The van der Waals surface area contributed by atoms with Gasteiger partial charge in [0.15, 0.2) is 0 Å². The van der Waals surface area contributed by atoms with Gasteiger partial charge in [0, 0.05) is 25.6 Å². The van der Waals surface area contributed by atoms with Crippen LogP contribution in [0.15, 0.2) is 24.3 Å². The molecule has 6 N–H and O–H groups in total. The minimum atomic E-state index is -0.916. The molecule has 0 spiro atoms. The maximum absolute atomic E-state index is 13.1. The lowest BCUT2D eigenvalue weighted by atomic mass is 10.0. The summed E-state index contributed by atoms with van der Waals surface area (Å²) in [5.41, 5.74) is 6.36. The maximum atomic E-state index is 13.1. The van der Waals surface area contributed by atoms with Gasteiger partial charge in [-0.05, 0) is 42.9 Å². The van der Waals surface area contributed by atoms with E-state index >= 15 is 0 Å². The van der Waals surface area contributed by atoms with E-state index in [2.05, 4.69) is 28.2 Å². The van der Waals surface area contributed by atoms with E-state index in [-0.39, 0.29) is 37.4 Å². The van der Waals surface area contributed by atoms with Crippen molar-refractivity contribution in [2.75, 3.05) is 11.9 Å². The molecule has 5 amide bonds. The molecule has 0 aliphatic heterocycles. The predicted molar refractivity (Wildman–Crippen MR) is 145 cm³/mol. The summed E-state index contributed by atoms with van der Waals surface area (Å²) in [6, 6.07) is 4.38. The number of nitrogens with two attached hydrogens (primary N) is 1. The lowest BCUT2D eigenvalue weighted by Gasteiger charge is -2.25. The minimum Gasteiger partial charge on any atom is -0.461 e. The standard InChI is InChI=1S/C27H43N5O6/c1-5-6-7-8-11-23(34)32-24(18(2)3)26(36)31-22(10-9-16-29-27(28)37)25(35)30-21-14-12-20(13-15-21)17-38-19(4)33/h12-15,18,22,24H,5-11,16-17H2,1-4H3,(H,30,35)(H,31,36)(H,32,34)(H3,28,29,37)/t22-,24-/m0/s1. The Labute approximate surface area is 225 Å². The summed E-state index contributed by atoms with van der Waals surface area (Å²) in [4.78, 5) is 60.6. The van der Waals surface area contributed by atoms with Crippen molar-refractivity contribution in [2.45, 2.75) is 91.3 Å². The van der Waals surface area contributed by atoms with E-state index < -0.39 is 29.9 Å². The Balaban J connectivity index is 2.86. The summed E-state index contributed by atoms with van der Waals surface area (Å²) in [6.45, 7) is 7.43. The number of ether oxygens (including phenoxy) is 1. The predicted octanol–water partition coefficient (Wildman–Crippen LogP) is 2.73. The highest BCUT2D eigenvalue weighted by atomic mass is 16.5. The molecule has 0 fully saturated rings. The number of benzene rings is 1. The summed E-state index contributed by atoms with van der Waals surface area (Å²) >= 11 is 0. The maximum Gasteiger partial charge on any atom is 0.312 e. The molecular formula is C27H43N5O6. The smallest absolute Gasteiger partial charge is 0.312 e. The second kappa shape index (κ2) is 17.8. The number of unbranched alkanes of at least 4 members (excludes halogenated alkanes) is 3. The molecule has 212 valence electrons. The fourth-order valence-corrected chi connectivity index (χ4v) is 3.64. The molecule has 1 aromatic carbocycles. The first-order valence-corrected chi connectivity index (χ1v) is 13.2. The van der Waals surface area contributed by atoms with Crippen molar-refractivity contribution < 1.29 is 28.7 Å². The molecule has 0 radical (unpaired) electrons. The second-order valence-corrected chi connectivity index (χ2v) is 9.56. The summed E-state index contributed by atoms with van der Waals surface area (Å²) in [7, 11) is 0. The third kappa shape index (κ3) is 13.6. The van der Waals surface area contributed by atoms with Crippen molar-refractivity contribution >= 4 is 35.4 Å². The molecule has 0 saturated heterocycles. The average Bonchev–Trinajstić information content (AvgIpc) is 2.86. The van der Waals surface area contributed by atoms with Crippen molar-refractivity contribution in [3.05, 3.63) is 29.8 Å². The lowest BCUT2D eigenvalue weighted by Crippen LogP contribution is -2.54. The van der Waals surface area contributed by atoms with Gasteiger partial charge in [0.2, 0.25) is 17.7 Å². The van der Waals surface area contributed by atoms with Crippen molar-refractivity contribution in [3.8, 4) is 0 Å². The quantitative estimate of drug-likeness (QED) is 0.152. The molecule has 0 bridgehead atoms. The largest absolute Gasteiger partial charge is 0.461 e. The molecule has 0 aliphatic rings. The van der Waals surface area contributed by atoms with Crippen LogP contribution in [0.1, 0.15) is 78.2 Å². The molecule has 11 heteroatoms. The van der Waals surface area contributed by atoms with Crippen LogP contribution in [-0.4, -0.2) is 48.4 Å². The first-order valence-electron chi connectivity index (χ1n) is 13.2. The Bertz CT molecular complexity index is 919. The number of hydrogen-bond acceptors (Lipinski definition) is 6. The van der Waals surface area contributed by atoms with Gasteiger partial charge in [0.25, 0.3) is 0 Å². The molecule has 11 nitrogen and oxygen atoms in total. The zero-order valence-electron chi connectivity index (χ0n) is 22.9. The minimum absolute atomic E-state index is 0.121. The number of primary amides is 1. The van der Waals surface area contributed by atoms with Gasteiger partial charge >= 0.3 is 12.0 Å². The summed E-state index contributed by atoms with van der Waals surface area (Å²) in [5.74, 6) is -1.69. The monoisotopic (exact) mass is 533 g/mol. The van der Waals surface area contributed by atoms with Crippen LogP contribution in [-0.2, 0) is 30.5 Å². The number of carbonyl (C=O) groups excluding carboxylic acids is 5. The van der Waals surface area contributed by atoms with Crippen molar-refractivity contribution in [1.82, 2.24) is 16.0 Å². The normalized spacial score (nSPS) is 12.2. The number of carbonyl (C=O) groups is 5. The molecule has 0 unspecified atom stereocenters.